The second kappa shape index (κ2) is 1.30. The number of nitrogens with zero attached hydrogens (tertiary/aromatic N) is 2. The first-order valence-electron chi connectivity index (χ1n) is 3.28. The topological polar surface area (TPSA) is 24.7 Å². The van der Waals surface area contributed by atoms with Crippen molar-refractivity contribution in [2.45, 2.75) is 31.8 Å². The lowest BCUT2D eigenvalue weighted by Crippen LogP contribution is -2.08. The molecule has 0 spiro atoms. The summed E-state index contributed by atoms with van der Waals surface area (Å²) in [5.74, 6) is 0.759. The highest BCUT2D eigenvalue weighted by atomic mass is 15.2. The average Bonchev–Trinajstić information content (AvgIpc) is 2.29. The first kappa shape index (κ1) is 4.48. The molecule has 8 heavy (non-hydrogen) atoms. The SMILES string of the molecule is CC1C2CCC1N=N2. The van der Waals surface area contributed by atoms with E-state index in [2.05, 4.69) is 17.2 Å². The van der Waals surface area contributed by atoms with Crippen molar-refractivity contribution >= 4 is 0 Å². The molecule has 1 heterocycles. The molecule has 2 atom stereocenters. The van der Waals surface area contributed by atoms with Gasteiger partial charge in [-0.2, -0.15) is 10.2 Å². The Hall–Kier alpha value is -0.400. The first-order valence-corrected chi connectivity index (χ1v) is 3.28. The van der Waals surface area contributed by atoms with Crippen LogP contribution in [0.4, 0.5) is 0 Å². The van der Waals surface area contributed by atoms with Crippen LogP contribution in [0.25, 0.3) is 0 Å². The zero-order valence-electron chi connectivity index (χ0n) is 5.04. The predicted octanol–water partition coefficient (Wildman–Crippen LogP) is 1.62. The van der Waals surface area contributed by atoms with Gasteiger partial charge in [0.1, 0.15) is 0 Å². The molecule has 44 valence electrons. The third-order valence-corrected chi connectivity index (χ3v) is 2.34. The van der Waals surface area contributed by atoms with Crippen molar-refractivity contribution in [3.63, 3.8) is 0 Å². The summed E-state index contributed by atoms with van der Waals surface area (Å²) < 4.78 is 0. The van der Waals surface area contributed by atoms with Gasteiger partial charge in [0.25, 0.3) is 0 Å². The maximum absolute atomic E-state index is 4.11. The first-order chi connectivity index (χ1) is 3.88. The molecule has 1 saturated carbocycles. The van der Waals surface area contributed by atoms with Gasteiger partial charge in [0.2, 0.25) is 0 Å². The van der Waals surface area contributed by atoms with Crippen molar-refractivity contribution in [1.82, 2.24) is 0 Å². The van der Waals surface area contributed by atoms with Crippen LogP contribution >= 0.6 is 0 Å². The lowest BCUT2D eigenvalue weighted by atomic mass is 10.1. The van der Waals surface area contributed by atoms with Crippen LogP contribution in [0.3, 0.4) is 0 Å². The van der Waals surface area contributed by atoms with Crippen LogP contribution in [0, 0.1) is 5.92 Å². The number of hydrogen-bond donors (Lipinski definition) is 0. The van der Waals surface area contributed by atoms with E-state index in [-0.39, 0.29) is 0 Å². The Morgan fingerprint density at radius 3 is 1.75 bits per heavy atom. The zero-order valence-corrected chi connectivity index (χ0v) is 5.04. The standard InChI is InChI=1S/C6H10N2/c1-4-5-2-3-6(4)8-7-5/h4-6H,2-3H2,1H3. The third kappa shape index (κ3) is 0.383. The summed E-state index contributed by atoms with van der Waals surface area (Å²) in [4.78, 5) is 0. The van der Waals surface area contributed by atoms with Crippen molar-refractivity contribution in [3.8, 4) is 0 Å². The van der Waals surface area contributed by atoms with Gasteiger partial charge in [0, 0.05) is 5.92 Å². The van der Waals surface area contributed by atoms with Crippen molar-refractivity contribution in [3.05, 3.63) is 0 Å². The van der Waals surface area contributed by atoms with Gasteiger partial charge in [0.05, 0.1) is 12.1 Å². The number of hydrogen-bond acceptors (Lipinski definition) is 2. The van der Waals surface area contributed by atoms with E-state index in [0.29, 0.717) is 12.1 Å². The molecular formula is C6H10N2. The lowest BCUT2D eigenvalue weighted by molar-refractivity contribution is 0.550. The minimum absolute atomic E-state index is 0.597. The number of fused-ring (bicyclic) bond motifs is 2. The second-order valence-corrected chi connectivity index (χ2v) is 2.80. The molecule has 1 aliphatic heterocycles. The van der Waals surface area contributed by atoms with E-state index in [1.807, 2.05) is 0 Å². The van der Waals surface area contributed by atoms with E-state index in [1.165, 1.54) is 12.8 Å². The average molecular weight is 110 g/mol. The van der Waals surface area contributed by atoms with E-state index in [1.54, 1.807) is 0 Å². The Bertz CT molecular complexity index is 116. The van der Waals surface area contributed by atoms with Gasteiger partial charge in [-0.05, 0) is 12.8 Å². The molecule has 2 nitrogen and oxygen atoms in total. The molecule has 0 saturated heterocycles. The van der Waals surface area contributed by atoms with Crippen LogP contribution in [-0.4, -0.2) is 12.1 Å². The Morgan fingerprint density at radius 1 is 1.12 bits per heavy atom. The highest BCUT2D eigenvalue weighted by Crippen LogP contribution is 2.36. The van der Waals surface area contributed by atoms with Crippen LogP contribution in [0.15, 0.2) is 10.2 Å². The highest BCUT2D eigenvalue weighted by Gasteiger charge is 2.37. The maximum Gasteiger partial charge on any atom is 0.0755 e. The Balaban J connectivity index is 2.27. The van der Waals surface area contributed by atoms with Gasteiger partial charge in [-0.3, -0.25) is 0 Å². The molecule has 2 unspecified atom stereocenters. The molecule has 0 aromatic heterocycles. The zero-order chi connectivity index (χ0) is 5.56. The molecule has 0 aromatic rings. The number of rotatable bonds is 0. The molecule has 2 heteroatoms. The summed E-state index contributed by atoms with van der Waals surface area (Å²) >= 11 is 0. The fourth-order valence-corrected chi connectivity index (χ4v) is 1.62. The molecule has 1 fully saturated rings. The Labute approximate surface area is 49.0 Å². The minimum atomic E-state index is 0.597. The van der Waals surface area contributed by atoms with Gasteiger partial charge >= 0.3 is 0 Å². The highest BCUT2D eigenvalue weighted by molar-refractivity contribution is 4.94. The summed E-state index contributed by atoms with van der Waals surface area (Å²) in [5, 5.41) is 8.22. The molecule has 0 N–H and O–H groups in total. The van der Waals surface area contributed by atoms with Crippen LogP contribution in [0.5, 0.6) is 0 Å². The van der Waals surface area contributed by atoms with Crippen molar-refractivity contribution in [2.24, 2.45) is 16.1 Å². The summed E-state index contributed by atoms with van der Waals surface area (Å²) in [6, 6.07) is 1.19. The van der Waals surface area contributed by atoms with E-state index < -0.39 is 0 Å². The van der Waals surface area contributed by atoms with Crippen LogP contribution in [0.2, 0.25) is 0 Å². The van der Waals surface area contributed by atoms with E-state index in [9.17, 15) is 0 Å². The second-order valence-electron chi connectivity index (χ2n) is 2.80. The summed E-state index contributed by atoms with van der Waals surface area (Å²) in [6.45, 7) is 2.25. The monoisotopic (exact) mass is 110 g/mol. The Morgan fingerprint density at radius 2 is 1.62 bits per heavy atom. The fourth-order valence-electron chi connectivity index (χ4n) is 1.62. The van der Waals surface area contributed by atoms with Crippen LogP contribution < -0.4 is 0 Å². The molecule has 0 radical (unpaired) electrons. The van der Waals surface area contributed by atoms with Gasteiger partial charge in [-0.15, -0.1) is 0 Å². The number of azo groups is 1. The van der Waals surface area contributed by atoms with Crippen molar-refractivity contribution < 1.29 is 0 Å². The van der Waals surface area contributed by atoms with Crippen LogP contribution in [-0.2, 0) is 0 Å². The molecule has 2 aliphatic rings. The van der Waals surface area contributed by atoms with E-state index in [0.717, 1.165) is 5.92 Å². The van der Waals surface area contributed by atoms with E-state index >= 15 is 0 Å². The minimum Gasteiger partial charge on any atom is -0.190 e. The van der Waals surface area contributed by atoms with Crippen molar-refractivity contribution in [1.29, 1.82) is 0 Å². The lowest BCUT2D eigenvalue weighted by Gasteiger charge is -2.00. The fraction of sp³-hybridized carbons (Fsp3) is 1.00. The maximum atomic E-state index is 4.11. The predicted molar refractivity (Wildman–Crippen MR) is 30.8 cm³/mol. The molecule has 2 bridgehead atoms. The molecule has 0 amide bonds. The molecular weight excluding hydrogens is 100 g/mol. The largest absolute Gasteiger partial charge is 0.190 e. The van der Waals surface area contributed by atoms with Crippen molar-refractivity contribution in [2.75, 3.05) is 0 Å². The summed E-state index contributed by atoms with van der Waals surface area (Å²) in [5.41, 5.74) is 0. The smallest absolute Gasteiger partial charge is 0.0755 e. The molecule has 0 aromatic carbocycles. The molecule has 2 rings (SSSR count). The van der Waals surface area contributed by atoms with Gasteiger partial charge in [0.15, 0.2) is 0 Å². The normalized spacial score (nSPS) is 50.9. The summed E-state index contributed by atoms with van der Waals surface area (Å²) in [7, 11) is 0. The van der Waals surface area contributed by atoms with Gasteiger partial charge < -0.3 is 0 Å². The quantitative estimate of drug-likeness (QED) is 0.452. The van der Waals surface area contributed by atoms with E-state index in [4.69, 9.17) is 0 Å². The third-order valence-electron chi connectivity index (χ3n) is 2.34. The Kier molecular flexibility index (Phi) is 0.729. The van der Waals surface area contributed by atoms with Gasteiger partial charge in [-0.1, -0.05) is 6.92 Å². The summed E-state index contributed by atoms with van der Waals surface area (Å²) in [6.07, 6.45) is 2.57. The van der Waals surface area contributed by atoms with Gasteiger partial charge in [-0.25, -0.2) is 0 Å². The molecule has 1 aliphatic carbocycles. The van der Waals surface area contributed by atoms with Crippen LogP contribution in [0.1, 0.15) is 19.8 Å².